The molecule has 0 saturated heterocycles. The van der Waals surface area contributed by atoms with E-state index < -0.39 is 0 Å². The van der Waals surface area contributed by atoms with Crippen LogP contribution in [0.15, 0.2) is 47.1 Å². The highest BCUT2D eigenvalue weighted by molar-refractivity contribution is 9.10. The predicted molar refractivity (Wildman–Crippen MR) is 83.6 cm³/mol. The number of likely N-dealkylation sites (N-methyl/N-ethyl adjacent to an activating group) is 1. The summed E-state index contributed by atoms with van der Waals surface area (Å²) >= 11 is 9.70. The highest BCUT2D eigenvalue weighted by atomic mass is 79.9. The second-order valence-corrected chi connectivity index (χ2v) is 5.77. The molecule has 0 spiro atoms. The molecule has 2 atom stereocenters. The third-order valence-corrected chi connectivity index (χ3v) is 4.22. The Morgan fingerprint density at radius 3 is 2.68 bits per heavy atom. The van der Waals surface area contributed by atoms with Gasteiger partial charge in [0.2, 0.25) is 0 Å². The lowest BCUT2D eigenvalue weighted by Crippen LogP contribution is -2.23. The SMILES string of the molecule is CNC(c1cc(Cl)ccc1Br)C(C)c1ccccn1. The predicted octanol–water partition coefficient (Wildman–Crippen LogP) is 4.56. The van der Waals surface area contributed by atoms with Gasteiger partial charge in [-0.25, -0.2) is 0 Å². The van der Waals surface area contributed by atoms with E-state index in [-0.39, 0.29) is 12.0 Å². The molecule has 2 aromatic rings. The first-order chi connectivity index (χ1) is 9.13. The van der Waals surface area contributed by atoms with E-state index in [9.17, 15) is 0 Å². The van der Waals surface area contributed by atoms with E-state index in [1.807, 2.05) is 49.6 Å². The molecule has 2 unspecified atom stereocenters. The Kier molecular flexibility index (Phi) is 4.97. The zero-order valence-corrected chi connectivity index (χ0v) is 13.2. The summed E-state index contributed by atoms with van der Waals surface area (Å²) in [5, 5.41) is 4.10. The quantitative estimate of drug-likeness (QED) is 0.883. The Balaban J connectivity index is 2.37. The molecule has 100 valence electrons. The first kappa shape index (κ1) is 14.5. The fraction of sp³-hybridized carbons (Fsp3) is 0.267. The zero-order chi connectivity index (χ0) is 13.8. The summed E-state index contributed by atoms with van der Waals surface area (Å²) in [5.41, 5.74) is 2.21. The molecule has 2 nitrogen and oxygen atoms in total. The van der Waals surface area contributed by atoms with Crippen molar-refractivity contribution < 1.29 is 0 Å². The van der Waals surface area contributed by atoms with Crippen molar-refractivity contribution in [2.24, 2.45) is 0 Å². The van der Waals surface area contributed by atoms with Crippen LogP contribution in [0.25, 0.3) is 0 Å². The molecule has 19 heavy (non-hydrogen) atoms. The number of hydrogen-bond acceptors (Lipinski definition) is 2. The van der Waals surface area contributed by atoms with Crippen LogP contribution in [-0.2, 0) is 0 Å². The molecule has 1 aromatic heterocycles. The van der Waals surface area contributed by atoms with Gasteiger partial charge >= 0.3 is 0 Å². The Bertz CT molecular complexity index is 545. The van der Waals surface area contributed by atoms with Crippen LogP contribution < -0.4 is 5.32 Å². The minimum Gasteiger partial charge on any atom is -0.312 e. The highest BCUT2D eigenvalue weighted by Crippen LogP contribution is 2.34. The van der Waals surface area contributed by atoms with Crippen LogP contribution in [0.5, 0.6) is 0 Å². The normalized spacial score (nSPS) is 14.1. The van der Waals surface area contributed by atoms with Gasteiger partial charge in [-0.05, 0) is 42.9 Å². The van der Waals surface area contributed by atoms with Crippen molar-refractivity contribution in [1.29, 1.82) is 0 Å². The van der Waals surface area contributed by atoms with E-state index in [4.69, 9.17) is 11.6 Å². The van der Waals surface area contributed by atoms with Crippen molar-refractivity contribution in [3.63, 3.8) is 0 Å². The summed E-state index contributed by atoms with van der Waals surface area (Å²) < 4.78 is 1.05. The number of rotatable bonds is 4. The van der Waals surface area contributed by atoms with Crippen molar-refractivity contribution in [3.8, 4) is 0 Å². The van der Waals surface area contributed by atoms with Crippen molar-refractivity contribution in [2.75, 3.05) is 7.05 Å². The van der Waals surface area contributed by atoms with Crippen molar-refractivity contribution in [3.05, 3.63) is 63.3 Å². The van der Waals surface area contributed by atoms with Crippen LogP contribution in [0.3, 0.4) is 0 Å². The molecule has 1 aromatic carbocycles. The molecule has 0 saturated carbocycles. The number of benzene rings is 1. The van der Waals surface area contributed by atoms with Gasteiger partial charge in [0.1, 0.15) is 0 Å². The van der Waals surface area contributed by atoms with Crippen LogP contribution in [0.1, 0.15) is 30.1 Å². The molecule has 0 fully saturated rings. The Hall–Kier alpha value is -0.900. The van der Waals surface area contributed by atoms with Gasteiger partial charge in [-0.15, -0.1) is 0 Å². The molecule has 0 radical (unpaired) electrons. The first-order valence-electron chi connectivity index (χ1n) is 6.16. The van der Waals surface area contributed by atoms with Crippen LogP contribution >= 0.6 is 27.5 Å². The number of halogens is 2. The molecule has 4 heteroatoms. The Labute approximate surface area is 127 Å². The summed E-state index contributed by atoms with van der Waals surface area (Å²) in [6.45, 7) is 2.16. The third kappa shape index (κ3) is 3.35. The van der Waals surface area contributed by atoms with Crippen molar-refractivity contribution in [2.45, 2.75) is 18.9 Å². The Morgan fingerprint density at radius 2 is 2.05 bits per heavy atom. The summed E-state index contributed by atoms with van der Waals surface area (Å²) in [4.78, 5) is 4.44. The maximum absolute atomic E-state index is 6.10. The average molecular weight is 340 g/mol. The number of nitrogens with zero attached hydrogens (tertiary/aromatic N) is 1. The topological polar surface area (TPSA) is 24.9 Å². The van der Waals surface area contributed by atoms with Gasteiger partial charge in [-0.2, -0.15) is 0 Å². The molecule has 0 bridgehead atoms. The van der Waals surface area contributed by atoms with Gasteiger partial charge < -0.3 is 5.32 Å². The molecule has 0 aliphatic carbocycles. The molecule has 0 aliphatic rings. The monoisotopic (exact) mass is 338 g/mol. The number of hydrogen-bond donors (Lipinski definition) is 1. The number of pyridine rings is 1. The molecular formula is C15H16BrClN2. The first-order valence-corrected chi connectivity index (χ1v) is 7.33. The molecule has 1 heterocycles. The van der Waals surface area contributed by atoms with Crippen LogP contribution in [0.2, 0.25) is 5.02 Å². The molecule has 1 N–H and O–H groups in total. The van der Waals surface area contributed by atoms with Crippen LogP contribution in [0.4, 0.5) is 0 Å². The maximum Gasteiger partial charge on any atom is 0.0450 e. The van der Waals surface area contributed by atoms with E-state index in [0.29, 0.717) is 0 Å². The fourth-order valence-electron chi connectivity index (χ4n) is 2.24. The molecule has 0 aliphatic heterocycles. The number of aromatic nitrogens is 1. The molecular weight excluding hydrogens is 324 g/mol. The summed E-state index contributed by atoms with van der Waals surface area (Å²) in [5.74, 6) is 0.251. The zero-order valence-electron chi connectivity index (χ0n) is 10.9. The number of nitrogens with one attached hydrogen (secondary N) is 1. The van der Waals surface area contributed by atoms with Gasteiger partial charge in [0.05, 0.1) is 0 Å². The lowest BCUT2D eigenvalue weighted by Gasteiger charge is -2.25. The fourth-order valence-corrected chi connectivity index (χ4v) is 2.92. The van der Waals surface area contributed by atoms with E-state index >= 15 is 0 Å². The van der Waals surface area contributed by atoms with Gasteiger partial charge in [0.15, 0.2) is 0 Å². The highest BCUT2D eigenvalue weighted by Gasteiger charge is 2.22. The molecule has 0 amide bonds. The lowest BCUT2D eigenvalue weighted by atomic mass is 9.91. The lowest BCUT2D eigenvalue weighted by molar-refractivity contribution is 0.497. The van der Waals surface area contributed by atoms with Gasteiger partial charge in [0, 0.05) is 33.3 Å². The van der Waals surface area contributed by atoms with Crippen molar-refractivity contribution >= 4 is 27.5 Å². The standard InChI is InChI=1S/C15H16BrClN2/c1-10(14-5-3-4-8-19-14)15(18-2)12-9-11(17)6-7-13(12)16/h3-10,15,18H,1-2H3. The smallest absolute Gasteiger partial charge is 0.0450 e. The maximum atomic E-state index is 6.10. The minimum absolute atomic E-state index is 0.156. The second kappa shape index (κ2) is 6.51. The van der Waals surface area contributed by atoms with Crippen molar-refractivity contribution in [1.82, 2.24) is 10.3 Å². The van der Waals surface area contributed by atoms with Gasteiger partial charge in [-0.1, -0.05) is 40.5 Å². The second-order valence-electron chi connectivity index (χ2n) is 4.48. The molecule has 2 rings (SSSR count). The van der Waals surface area contributed by atoms with Gasteiger partial charge in [-0.3, -0.25) is 4.98 Å². The third-order valence-electron chi connectivity index (χ3n) is 3.26. The van der Waals surface area contributed by atoms with E-state index in [1.165, 1.54) is 0 Å². The van der Waals surface area contributed by atoms with Crippen LogP contribution in [-0.4, -0.2) is 12.0 Å². The van der Waals surface area contributed by atoms with E-state index in [0.717, 1.165) is 20.8 Å². The largest absolute Gasteiger partial charge is 0.312 e. The van der Waals surface area contributed by atoms with E-state index in [2.05, 4.69) is 33.2 Å². The minimum atomic E-state index is 0.156. The average Bonchev–Trinajstić information content (AvgIpc) is 2.44. The van der Waals surface area contributed by atoms with Gasteiger partial charge in [0.25, 0.3) is 0 Å². The Morgan fingerprint density at radius 1 is 1.26 bits per heavy atom. The van der Waals surface area contributed by atoms with E-state index in [1.54, 1.807) is 0 Å². The van der Waals surface area contributed by atoms with Crippen LogP contribution in [0, 0.1) is 0 Å². The summed E-state index contributed by atoms with van der Waals surface area (Å²) in [6.07, 6.45) is 1.82. The summed E-state index contributed by atoms with van der Waals surface area (Å²) in [7, 11) is 1.96. The summed E-state index contributed by atoms with van der Waals surface area (Å²) in [6, 6.07) is 12.0.